The molecule has 3 rings (SSSR count). The molecule has 1 unspecified atom stereocenters. The molecule has 2 aromatic carbocycles. The lowest BCUT2D eigenvalue weighted by molar-refractivity contribution is 0.106. The lowest BCUT2D eigenvalue weighted by Gasteiger charge is -2.16. The fourth-order valence-electron chi connectivity index (χ4n) is 3.12. The molecular weight excluding hydrogens is 370 g/mol. The highest BCUT2D eigenvalue weighted by molar-refractivity contribution is 5.94. The number of benzene rings is 2. The molecule has 0 fully saturated rings. The molecule has 0 aliphatic heterocycles. The van der Waals surface area contributed by atoms with Crippen LogP contribution in [0.15, 0.2) is 45.6 Å². The number of unbranched alkanes of at least 4 members (excludes halogenated alkanes) is 1. The van der Waals surface area contributed by atoms with Gasteiger partial charge in [0.05, 0.1) is 11.5 Å². The number of hydrogen-bond acceptors (Lipinski definition) is 6. The molecule has 3 aromatic rings. The summed E-state index contributed by atoms with van der Waals surface area (Å²) in [7, 11) is 0. The largest absolute Gasteiger partial charge is 0.491 e. The van der Waals surface area contributed by atoms with E-state index in [0.29, 0.717) is 40.0 Å². The van der Waals surface area contributed by atoms with Crippen molar-refractivity contribution in [3.63, 3.8) is 0 Å². The number of para-hydroxylation sites is 1. The zero-order chi connectivity index (χ0) is 20.8. The van der Waals surface area contributed by atoms with Crippen LogP contribution in [-0.2, 0) is 0 Å². The van der Waals surface area contributed by atoms with Gasteiger partial charge in [0.25, 0.3) is 0 Å². The number of ether oxygens (including phenoxy) is 2. The van der Waals surface area contributed by atoms with Gasteiger partial charge in [0.15, 0.2) is 0 Å². The van der Waals surface area contributed by atoms with Gasteiger partial charge in [-0.15, -0.1) is 0 Å². The summed E-state index contributed by atoms with van der Waals surface area (Å²) in [4.78, 5) is 13.0. The Bertz CT molecular complexity index is 1010. The molecule has 1 atom stereocenters. The van der Waals surface area contributed by atoms with Gasteiger partial charge in [0.2, 0.25) is 5.43 Å². The lowest BCUT2D eigenvalue weighted by atomic mass is 10.1. The molecular formula is C23H29NO5. The second kappa shape index (κ2) is 9.76. The summed E-state index contributed by atoms with van der Waals surface area (Å²) in [5.74, 6) is 0.904. The molecule has 0 amide bonds. The van der Waals surface area contributed by atoms with E-state index in [2.05, 4.69) is 12.2 Å². The van der Waals surface area contributed by atoms with E-state index in [1.807, 2.05) is 26.0 Å². The molecule has 29 heavy (non-hydrogen) atoms. The van der Waals surface area contributed by atoms with Crippen LogP contribution in [-0.4, -0.2) is 37.0 Å². The number of nitrogens with one attached hydrogen (secondary N) is 1. The fourth-order valence-corrected chi connectivity index (χ4v) is 3.12. The van der Waals surface area contributed by atoms with Gasteiger partial charge < -0.3 is 24.3 Å². The van der Waals surface area contributed by atoms with Crippen molar-refractivity contribution in [3.05, 3.63) is 46.6 Å². The zero-order valence-corrected chi connectivity index (χ0v) is 17.2. The van der Waals surface area contributed by atoms with E-state index in [-0.39, 0.29) is 18.1 Å². The average molecular weight is 399 g/mol. The highest BCUT2D eigenvalue weighted by Gasteiger charge is 2.16. The molecule has 0 aliphatic carbocycles. The van der Waals surface area contributed by atoms with Crippen molar-refractivity contribution < 1.29 is 19.0 Å². The van der Waals surface area contributed by atoms with Gasteiger partial charge in [0.1, 0.15) is 40.8 Å². The Labute approximate surface area is 170 Å². The van der Waals surface area contributed by atoms with Gasteiger partial charge in [-0.3, -0.25) is 4.79 Å². The lowest BCUT2D eigenvalue weighted by Crippen LogP contribution is -2.32. The van der Waals surface area contributed by atoms with Crippen LogP contribution in [0.3, 0.4) is 0 Å². The van der Waals surface area contributed by atoms with Crippen LogP contribution in [0.5, 0.6) is 11.5 Å². The third-order valence-electron chi connectivity index (χ3n) is 4.51. The Morgan fingerprint density at radius 1 is 1.17 bits per heavy atom. The van der Waals surface area contributed by atoms with Crippen LogP contribution in [0, 0.1) is 0 Å². The molecule has 6 nitrogen and oxygen atoms in total. The van der Waals surface area contributed by atoms with E-state index in [0.717, 1.165) is 19.4 Å². The predicted octanol–water partition coefficient (Wildman–Crippen LogP) is 3.86. The van der Waals surface area contributed by atoms with Crippen molar-refractivity contribution in [2.45, 2.75) is 45.8 Å². The van der Waals surface area contributed by atoms with Gasteiger partial charge in [-0.25, -0.2) is 0 Å². The molecule has 2 N–H and O–H groups in total. The van der Waals surface area contributed by atoms with E-state index in [1.54, 1.807) is 24.3 Å². The maximum absolute atomic E-state index is 13.0. The molecule has 0 saturated carbocycles. The molecule has 0 spiro atoms. The maximum atomic E-state index is 13.0. The maximum Gasteiger partial charge on any atom is 0.204 e. The third kappa shape index (κ3) is 5.28. The van der Waals surface area contributed by atoms with Crippen LogP contribution in [0.4, 0.5) is 0 Å². The summed E-state index contributed by atoms with van der Waals surface area (Å²) >= 11 is 0. The fraction of sp³-hybridized carbons (Fsp3) is 0.435. The second-order valence-electron chi connectivity index (χ2n) is 7.41. The summed E-state index contributed by atoms with van der Waals surface area (Å²) < 4.78 is 17.6. The normalized spacial score (nSPS) is 12.6. The molecule has 1 heterocycles. The average Bonchev–Trinajstić information content (AvgIpc) is 2.69. The highest BCUT2D eigenvalue weighted by Crippen LogP contribution is 2.32. The Morgan fingerprint density at radius 3 is 2.72 bits per heavy atom. The van der Waals surface area contributed by atoms with Gasteiger partial charge in [0, 0.05) is 18.7 Å². The molecule has 0 saturated heterocycles. The minimum absolute atomic E-state index is 0.118. The summed E-state index contributed by atoms with van der Waals surface area (Å²) in [5, 5.41) is 14.2. The van der Waals surface area contributed by atoms with Gasteiger partial charge >= 0.3 is 0 Å². The summed E-state index contributed by atoms with van der Waals surface area (Å²) in [6.07, 6.45) is 1.42. The molecule has 0 aliphatic rings. The van der Waals surface area contributed by atoms with Crippen LogP contribution in [0.25, 0.3) is 21.9 Å². The third-order valence-corrected chi connectivity index (χ3v) is 4.51. The van der Waals surface area contributed by atoms with Crippen LogP contribution in [0.1, 0.15) is 33.6 Å². The standard InChI is InChI=1S/C23H29NO5/c1-4-5-10-24-13-16(25)14-27-17-11-20(28-15(2)3)22-21(12-17)29-19-9-7-6-8-18(19)23(22)26/h6-9,11-12,15-16,24-25H,4-5,10,13-14H2,1-3H3. The van der Waals surface area contributed by atoms with Crippen molar-refractivity contribution in [2.24, 2.45) is 0 Å². The Balaban J connectivity index is 1.88. The second-order valence-corrected chi connectivity index (χ2v) is 7.41. The smallest absolute Gasteiger partial charge is 0.204 e. The number of fused-ring (bicyclic) bond motifs is 2. The quantitative estimate of drug-likeness (QED) is 0.398. The molecule has 1 aromatic heterocycles. The van der Waals surface area contributed by atoms with Crippen LogP contribution in [0.2, 0.25) is 0 Å². The van der Waals surface area contributed by atoms with Crippen molar-refractivity contribution >= 4 is 21.9 Å². The zero-order valence-electron chi connectivity index (χ0n) is 17.2. The van der Waals surface area contributed by atoms with Crippen molar-refractivity contribution in [3.8, 4) is 11.5 Å². The van der Waals surface area contributed by atoms with Crippen LogP contribution >= 0.6 is 0 Å². The summed E-state index contributed by atoms with van der Waals surface area (Å²) in [6.45, 7) is 7.38. The number of hydrogen-bond donors (Lipinski definition) is 2. The van der Waals surface area contributed by atoms with E-state index in [4.69, 9.17) is 13.9 Å². The molecule has 0 bridgehead atoms. The van der Waals surface area contributed by atoms with Gasteiger partial charge in [-0.05, 0) is 38.9 Å². The highest BCUT2D eigenvalue weighted by atomic mass is 16.5. The van der Waals surface area contributed by atoms with Gasteiger partial charge in [-0.1, -0.05) is 25.5 Å². The van der Waals surface area contributed by atoms with E-state index in [1.165, 1.54) is 0 Å². The number of aliphatic hydroxyl groups excluding tert-OH is 1. The van der Waals surface area contributed by atoms with E-state index in [9.17, 15) is 9.90 Å². The Hall–Kier alpha value is -2.57. The number of rotatable bonds is 10. The SMILES string of the molecule is CCCCNCC(O)COc1cc(OC(C)C)c2c(=O)c3ccccc3oc2c1. The molecule has 6 heteroatoms. The first-order valence-corrected chi connectivity index (χ1v) is 10.2. The first-order valence-electron chi connectivity index (χ1n) is 10.2. The molecule has 156 valence electrons. The van der Waals surface area contributed by atoms with E-state index < -0.39 is 6.10 Å². The van der Waals surface area contributed by atoms with Crippen molar-refractivity contribution in [1.29, 1.82) is 0 Å². The number of aliphatic hydroxyl groups is 1. The van der Waals surface area contributed by atoms with E-state index >= 15 is 0 Å². The minimum Gasteiger partial charge on any atom is -0.491 e. The first-order chi connectivity index (χ1) is 14.0. The minimum atomic E-state index is -0.638. The van der Waals surface area contributed by atoms with Gasteiger partial charge in [-0.2, -0.15) is 0 Å². The van der Waals surface area contributed by atoms with Crippen molar-refractivity contribution in [1.82, 2.24) is 5.32 Å². The predicted molar refractivity (Wildman–Crippen MR) is 115 cm³/mol. The first kappa shape index (κ1) is 21.1. The Kier molecular flexibility index (Phi) is 7.12. The topological polar surface area (TPSA) is 80.9 Å². The Morgan fingerprint density at radius 2 is 1.97 bits per heavy atom. The van der Waals surface area contributed by atoms with Crippen LogP contribution < -0.4 is 20.2 Å². The molecule has 0 radical (unpaired) electrons. The summed E-state index contributed by atoms with van der Waals surface area (Å²) in [6, 6.07) is 10.5. The monoisotopic (exact) mass is 399 g/mol. The van der Waals surface area contributed by atoms with Crippen molar-refractivity contribution in [2.75, 3.05) is 19.7 Å². The summed E-state index contributed by atoms with van der Waals surface area (Å²) in [5.41, 5.74) is 0.777.